The Morgan fingerprint density at radius 3 is 2.44 bits per heavy atom. The summed E-state index contributed by atoms with van der Waals surface area (Å²) in [4.78, 5) is 16.5. The first-order chi connectivity index (χ1) is 8.43. The largest absolute Gasteiger partial charge is 0.311 e. The van der Waals surface area contributed by atoms with E-state index in [0.717, 1.165) is 18.8 Å². The van der Waals surface area contributed by atoms with E-state index in [2.05, 4.69) is 31.7 Å². The van der Waals surface area contributed by atoms with Gasteiger partial charge in [0.25, 0.3) is 0 Å². The van der Waals surface area contributed by atoms with E-state index in [9.17, 15) is 4.79 Å². The van der Waals surface area contributed by atoms with Gasteiger partial charge in [0, 0.05) is 24.3 Å². The van der Waals surface area contributed by atoms with E-state index in [4.69, 9.17) is 0 Å². The van der Waals surface area contributed by atoms with Gasteiger partial charge in [-0.05, 0) is 39.3 Å². The first kappa shape index (κ1) is 13.1. The topological polar surface area (TPSA) is 23.6 Å². The quantitative estimate of drug-likeness (QED) is 0.760. The van der Waals surface area contributed by atoms with Crippen LogP contribution >= 0.6 is 0 Å². The minimum atomic E-state index is 0.00647. The second-order valence-corrected chi connectivity index (χ2v) is 5.79. The molecule has 0 saturated carbocycles. The summed E-state index contributed by atoms with van der Waals surface area (Å²) in [5, 5.41) is 0. The summed E-state index contributed by atoms with van der Waals surface area (Å²) in [5.74, 6) is 0.192. The van der Waals surface area contributed by atoms with E-state index in [0.29, 0.717) is 6.54 Å². The third-order valence-electron chi connectivity index (χ3n) is 3.54. The van der Waals surface area contributed by atoms with Crippen LogP contribution < -0.4 is 4.90 Å². The molecule has 1 aliphatic rings. The van der Waals surface area contributed by atoms with Crippen LogP contribution in [-0.2, 0) is 11.3 Å². The lowest BCUT2D eigenvalue weighted by Crippen LogP contribution is -2.45. The SMILES string of the molecule is CCN1C(=O)CN(C(C)(C)C)Cc2ccccc21. The highest BCUT2D eigenvalue weighted by molar-refractivity contribution is 5.96. The molecule has 1 aromatic rings. The third kappa shape index (κ3) is 2.41. The molecule has 2 rings (SSSR count). The molecule has 18 heavy (non-hydrogen) atoms. The van der Waals surface area contributed by atoms with E-state index in [1.165, 1.54) is 5.56 Å². The Morgan fingerprint density at radius 2 is 1.83 bits per heavy atom. The molecule has 0 bridgehead atoms. The van der Waals surface area contributed by atoms with Crippen LogP contribution in [0.25, 0.3) is 0 Å². The average molecular weight is 246 g/mol. The van der Waals surface area contributed by atoms with E-state index in [1.807, 2.05) is 30.0 Å². The molecule has 3 heteroatoms. The van der Waals surface area contributed by atoms with Crippen LogP contribution in [0.4, 0.5) is 5.69 Å². The third-order valence-corrected chi connectivity index (χ3v) is 3.54. The van der Waals surface area contributed by atoms with Crippen molar-refractivity contribution in [3.8, 4) is 0 Å². The predicted octanol–water partition coefficient (Wildman–Crippen LogP) is 2.65. The van der Waals surface area contributed by atoms with Crippen molar-refractivity contribution in [3.05, 3.63) is 29.8 Å². The summed E-state index contributed by atoms with van der Waals surface area (Å²) in [6.45, 7) is 10.6. The van der Waals surface area contributed by atoms with Crippen molar-refractivity contribution in [1.82, 2.24) is 4.90 Å². The zero-order chi connectivity index (χ0) is 13.3. The van der Waals surface area contributed by atoms with Crippen molar-refractivity contribution in [2.75, 3.05) is 18.0 Å². The average Bonchev–Trinajstić information content (AvgIpc) is 2.44. The Morgan fingerprint density at radius 1 is 1.17 bits per heavy atom. The molecule has 0 saturated heterocycles. The van der Waals surface area contributed by atoms with Crippen molar-refractivity contribution >= 4 is 11.6 Å². The van der Waals surface area contributed by atoms with Crippen LogP contribution in [0.15, 0.2) is 24.3 Å². The van der Waals surface area contributed by atoms with Gasteiger partial charge in [0.2, 0.25) is 5.91 Å². The molecule has 0 fully saturated rings. The van der Waals surface area contributed by atoms with Gasteiger partial charge in [0.15, 0.2) is 0 Å². The molecule has 0 spiro atoms. The van der Waals surface area contributed by atoms with Gasteiger partial charge in [0.1, 0.15) is 0 Å². The molecule has 0 unspecified atom stereocenters. The van der Waals surface area contributed by atoms with Crippen LogP contribution in [0.5, 0.6) is 0 Å². The maximum absolute atomic E-state index is 12.3. The number of hydrogen-bond donors (Lipinski definition) is 0. The molecule has 1 heterocycles. The Kier molecular flexibility index (Phi) is 3.44. The van der Waals surface area contributed by atoms with Gasteiger partial charge in [-0.15, -0.1) is 0 Å². The number of carbonyl (C=O) groups is 1. The van der Waals surface area contributed by atoms with Crippen molar-refractivity contribution in [3.63, 3.8) is 0 Å². The normalized spacial score (nSPS) is 17.6. The fourth-order valence-electron chi connectivity index (χ4n) is 2.37. The summed E-state index contributed by atoms with van der Waals surface area (Å²) >= 11 is 0. The molecule has 0 N–H and O–H groups in total. The Balaban J connectivity index is 2.44. The monoisotopic (exact) mass is 246 g/mol. The minimum Gasteiger partial charge on any atom is -0.311 e. The number of carbonyl (C=O) groups excluding carboxylic acids is 1. The van der Waals surface area contributed by atoms with Gasteiger partial charge in [-0.2, -0.15) is 0 Å². The summed E-state index contributed by atoms with van der Waals surface area (Å²) in [6, 6.07) is 8.21. The van der Waals surface area contributed by atoms with Gasteiger partial charge in [-0.1, -0.05) is 18.2 Å². The zero-order valence-corrected chi connectivity index (χ0v) is 11.7. The molecule has 0 aliphatic carbocycles. The second kappa shape index (κ2) is 4.73. The fourth-order valence-corrected chi connectivity index (χ4v) is 2.37. The second-order valence-electron chi connectivity index (χ2n) is 5.79. The number of rotatable bonds is 1. The standard InChI is InChI=1S/C15H22N2O/c1-5-17-13-9-7-6-8-12(13)10-16(11-14(17)18)15(2,3)4/h6-9H,5,10-11H2,1-4H3. The van der Waals surface area contributed by atoms with Crippen molar-refractivity contribution in [2.24, 2.45) is 0 Å². The van der Waals surface area contributed by atoms with Crippen molar-refractivity contribution in [1.29, 1.82) is 0 Å². The van der Waals surface area contributed by atoms with Gasteiger partial charge in [-0.3, -0.25) is 9.69 Å². The smallest absolute Gasteiger partial charge is 0.241 e. The highest BCUT2D eigenvalue weighted by atomic mass is 16.2. The number of hydrogen-bond acceptors (Lipinski definition) is 2. The molecule has 0 atom stereocenters. The molecule has 1 aromatic carbocycles. The molecular formula is C15H22N2O. The molecule has 1 amide bonds. The predicted molar refractivity (Wildman–Crippen MR) is 74.6 cm³/mol. The lowest BCUT2D eigenvalue weighted by molar-refractivity contribution is -0.120. The maximum Gasteiger partial charge on any atom is 0.241 e. The number of likely N-dealkylation sites (N-methyl/N-ethyl adjacent to an activating group) is 1. The van der Waals surface area contributed by atoms with Gasteiger partial charge < -0.3 is 4.90 Å². The highest BCUT2D eigenvalue weighted by Crippen LogP contribution is 2.28. The minimum absolute atomic E-state index is 0.00647. The number of para-hydroxylation sites is 1. The summed E-state index contributed by atoms with van der Waals surface area (Å²) in [6.07, 6.45) is 0. The van der Waals surface area contributed by atoms with E-state index in [-0.39, 0.29) is 11.4 Å². The first-order valence-electron chi connectivity index (χ1n) is 6.57. The van der Waals surface area contributed by atoms with Crippen LogP contribution in [0, 0.1) is 0 Å². The van der Waals surface area contributed by atoms with Crippen LogP contribution in [0.3, 0.4) is 0 Å². The Labute approximate surface area is 109 Å². The maximum atomic E-state index is 12.3. The van der Waals surface area contributed by atoms with Gasteiger partial charge in [0.05, 0.1) is 6.54 Å². The van der Waals surface area contributed by atoms with Crippen LogP contribution in [0.2, 0.25) is 0 Å². The lowest BCUT2D eigenvalue weighted by atomic mass is 10.0. The van der Waals surface area contributed by atoms with E-state index >= 15 is 0 Å². The molecule has 3 nitrogen and oxygen atoms in total. The number of amides is 1. The summed E-state index contributed by atoms with van der Waals surface area (Å²) < 4.78 is 0. The number of nitrogens with zero attached hydrogens (tertiary/aromatic N) is 2. The van der Waals surface area contributed by atoms with E-state index < -0.39 is 0 Å². The van der Waals surface area contributed by atoms with Crippen LogP contribution in [0.1, 0.15) is 33.3 Å². The first-order valence-corrected chi connectivity index (χ1v) is 6.57. The molecule has 0 aromatic heterocycles. The number of anilines is 1. The summed E-state index contributed by atoms with van der Waals surface area (Å²) in [7, 11) is 0. The summed E-state index contributed by atoms with van der Waals surface area (Å²) in [5.41, 5.74) is 2.31. The molecule has 1 aliphatic heterocycles. The lowest BCUT2D eigenvalue weighted by Gasteiger charge is -2.33. The van der Waals surface area contributed by atoms with Gasteiger partial charge in [-0.25, -0.2) is 0 Å². The Hall–Kier alpha value is -1.35. The number of benzene rings is 1. The zero-order valence-electron chi connectivity index (χ0n) is 11.7. The van der Waals surface area contributed by atoms with Crippen molar-refractivity contribution < 1.29 is 4.79 Å². The molecule has 98 valence electrons. The highest BCUT2D eigenvalue weighted by Gasteiger charge is 2.30. The van der Waals surface area contributed by atoms with Crippen molar-refractivity contribution in [2.45, 2.75) is 39.8 Å². The fraction of sp³-hybridized carbons (Fsp3) is 0.533. The van der Waals surface area contributed by atoms with E-state index in [1.54, 1.807) is 0 Å². The van der Waals surface area contributed by atoms with Crippen LogP contribution in [-0.4, -0.2) is 29.4 Å². The number of fused-ring (bicyclic) bond motifs is 1. The molecule has 0 radical (unpaired) electrons. The Bertz CT molecular complexity index is 448. The van der Waals surface area contributed by atoms with Gasteiger partial charge >= 0.3 is 0 Å². The molecular weight excluding hydrogens is 224 g/mol.